The molecular formula is C20H23N3O2. The summed E-state index contributed by atoms with van der Waals surface area (Å²) in [4.78, 5) is 31.3. The monoisotopic (exact) mass is 337 g/mol. The van der Waals surface area contributed by atoms with Crippen molar-refractivity contribution in [2.45, 2.75) is 37.6 Å². The number of aromatic nitrogens is 1. The number of carbonyl (C=O) groups is 2. The number of hydrogen-bond donors (Lipinski definition) is 1. The number of rotatable bonds is 2. The number of likely N-dealkylation sites (tertiary alicyclic amines) is 2. The van der Waals surface area contributed by atoms with E-state index in [4.69, 9.17) is 0 Å². The summed E-state index contributed by atoms with van der Waals surface area (Å²) in [6, 6.07) is 7.06. The maximum absolute atomic E-state index is 12.0. The SMILES string of the molecule is CN1C[C@H](CN2C(=O)CCC2=O)C[C@@H]2c3cccc4[nH]cc(c34)C[C@H]21. The number of H-pyrrole nitrogens is 1. The van der Waals surface area contributed by atoms with E-state index in [1.807, 2.05) is 0 Å². The Balaban J connectivity index is 1.46. The third kappa shape index (κ3) is 2.25. The maximum Gasteiger partial charge on any atom is 0.229 e. The lowest BCUT2D eigenvalue weighted by atomic mass is 9.72. The fourth-order valence-electron chi connectivity index (χ4n) is 5.27. The molecule has 0 saturated carbocycles. The lowest BCUT2D eigenvalue weighted by Gasteiger charge is -2.46. The van der Waals surface area contributed by atoms with Crippen LogP contribution in [-0.2, 0) is 16.0 Å². The molecule has 3 heterocycles. The molecule has 1 aromatic heterocycles. The predicted octanol–water partition coefficient (Wildman–Crippen LogP) is 2.28. The molecule has 3 aliphatic rings. The summed E-state index contributed by atoms with van der Waals surface area (Å²) in [5.41, 5.74) is 4.07. The van der Waals surface area contributed by atoms with Crippen LogP contribution in [0.3, 0.4) is 0 Å². The van der Waals surface area contributed by atoms with Gasteiger partial charge < -0.3 is 9.88 Å². The van der Waals surface area contributed by atoms with Crippen molar-refractivity contribution < 1.29 is 9.59 Å². The number of carbonyl (C=O) groups excluding carboxylic acids is 2. The zero-order valence-electron chi connectivity index (χ0n) is 14.5. The largest absolute Gasteiger partial charge is 0.361 e. The van der Waals surface area contributed by atoms with Crippen molar-refractivity contribution in [2.75, 3.05) is 20.1 Å². The van der Waals surface area contributed by atoms with E-state index in [1.165, 1.54) is 26.9 Å². The summed E-state index contributed by atoms with van der Waals surface area (Å²) in [5.74, 6) is 0.846. The van der Waals surface area contributed by atoms with Gasteiger partial charge in [-0.15, -0.1) is 0 Å². The standard InChI is InChI=1S/C20H23N3O2/c1-22-10-12(11-23-18(24)5-6-19(23)25)7-15-14-3-2-4-16-20(14)13(9-21-16)8-17(15)22/h2-4,9,12,15,17,21H,5-8,10-11H2,1H3/t12-,15-,17-/m1/s1. The molecule has 2 aliphatic heterocycles. The molecule has 5 heteroatoms. The van der Waals surface area contributed by atoms with Crippen molar-refractivity contribution in [1.82, 2.24) is 14.8 Å². The summed E-state index contributed by atoms with van der Waals surface area (Å²) >= 11 is 0. The first-order valence-electron chi connectivity index (χ1n) is 9.24. The van der Waals surface area contributed by atoms with E-state index in [0.717, 1.165) is 19.4 Å². The Labute approximate surface area is 147 Å². The number of fused-ring (bicyclic) bond motifs is 2. The number of piperidine rings is 1. The van der Waals surface area contributed by atoms with E-state index in [9.17, 15) is 9.59 Å². The second-order valence-electron chi connectivity index (χ2n) is 7.90. The molecule has 130 valence electrons. The van der Waals surface area contributed by atoms with Crippen molar-refractivity contribution in [3.05, 3.63) is 35.5 Å². The van der Waals surface area contributed by atoms with Crippen molar-refractivity contribution >= 4 is 22.7 Å². The average molecular weight is 337 g/mol. The minimum Gasteiger partial charge on any atom is -0.361 e. The Kier molecular flexibility index (Phi) is 3.29. The smallest absolute Gasteiger partial charge is 0.229 e. The fraction of sp³-hybridized carbons (Fsp3) is 0.500. The van der Waals surface area contributed by atoms with Gasteiger partial charge in [-0.3, -0.25) is 14.5 Å². The number of hydrogen-bond acceptors (Lipinski definition) is 3. The Bertz CT molecular complexity index is 855. The van der Waals surface area contributed by atoms with Crippen LogP contribution in [0.4, 0.5) is 0 Å². The van der Waals surface area contributed by atoms with Crippen LogP contribution in [0, 0.1) is 5.92 Å². The van der Waals surface area contributed by atoms with Crippen LogP contribution in [0.25, 0.3) is 10.9 Å². The molecule has 0 spiro atoms. The van der Waals surface area contributed by atoms with Crippen molar-refractivity contribution in [1.29, 1.82) is 0 Å². The molecule has 3 atom stereocenters. The molecule has 0 radical (unpaired) electrons. The summed E-state index contributed by atoms with van der Waals surface area (Å²) in [6.45, 7) is 1.54. The average Bonchev–Trinajstić information content (AvgIpc) is 3.16. The molecule has 25 heavy (non-hydrogen) atoms. The minimum atomic E-state index is 0.00782. The summed E-state index contributed by atoms with van der Waals surface area (Å²) in [5, 5.41) is 1.39. The number of likely N-dealkylation sites (N-methyl/N-ethyl adjacent to an activating group) is 1. The normalized spacial score (nSPS) is 29.5. The molecule has 2 amide bonds. The van der Waals surface area contributed by atoms with Gasteiger partial charge in [0, 0.05) is 55.0 Å². The van der Waals surface area contributed by atoms with Crippen LogP contribution in [0.1, 0.15) is 36.3 Å². The van der Waals surface area contributed by atoms with Gasteiger partial charge in [-0.1, -0.05) is 12.1 Å². The van der Waals surface area contributed by atoms with Gasteiger partial charge in [-0.25, -0.2) is 0 Å². The van der Waals surface area contributed by atoms with Gasteiger partial charge in [0.2, 0.25) is 11.8 Å². The van der Waals surface area contributed by atoms with Gasteiger partial charge in [-0.05, 0) is 43.0 Å². The second kappa shape index (κ2) is 5.43. The minimum absolute atomic E-state index is 0.00782. The van der Waals surface area contributed by atoms with Gasteiger partial charge in [0.15, 0.2) is 0 Å². The Morgan fingerprint density at radius 2 is 2.00 bits per heavy atom. The van der Waals surface area contributed by atoms with E-state index in [0.29, 0.717) is 37.3 Å². The zero-order valence-corrected chi connectivity index (χ0v) is 14.5. The first kappa shape index (κ1) is 15.1. The highest BCUT2D eigenvalue weighted by atomic mass is 16.2. The van der Waals surface area contributed by atoms with Gasteiger partial charge in [0.1, 0.15) is 0 Å². The lowest BCUT2D eigenvalue weighted by molar-refractivity contribution is -0.139. The molecule has 0 unspecified atom stereocenters. The fourth-order valence-corrected chi connectivity index (χ4v) is 5.27. The number of nitrogens with one attached hydrogen (secondary N) is 1. The van der Waals surface area contributed by atoms with Gasteiger partial charge in [0.05, 0.1) is 0 Å². The highest BCUT2D eigenvalue weighted by Crippen LogP contribution is 2.44. The molecule has 2 saturated heterocycles. The molecule has 5 rings (SSSR count). The number of benzene rings is 1. The Hall–Kier alpha value is -2.14. The van der Waals surface area contributed by atoms with Crippen molar-refractivity contribution in [2.24, 2.45) is 5.92 Å². The number of imide groups is 1. The first-order valence-corrected chi connectivity index (χ1v) is 9.24. The number of amides is 2. The van der Waals surface area contributed by atoms with Crippen LogP contribution >= 0.6 is 0 Å². The van der Waals surface area contributed by atoms with E-state index >= 15 is 0 Å². The van der Waals surface area contributed by atoms with Gasteiger partial charge in [0.25, 0.3) is 0 Å². The van der Waals surface area contributed by atoms with Crippen molar-refractivity contribution in [3.8, 4) is 0 Å². The van der Waals surface area contributed by atoms with E-state index in [1.54, 1.807) is 0 Å². The lowest BCUT2D eigenvalue weighted by Crippen LogP contribution is -2.50. The first-order chi connectivity index (χ1) is 12.1. The van der Waals surface area contributed by atoms with Crippen LogP contribution < -0.4 is 0 Å². The highest BCUT2D eigenvalue weighted by molar-refractivity contribution is 6.01. The van der Waals surface area contributed by atoms with E-state index in [2.05, 4.69) is 41.3 Å². The summed E-state index contributed by atoms with van der Waals surface area (Å²) in [6.07, 6.45) is 5.06. The quantitative estimate of drug-likeness (QED) is 0.856. The van der Waals surface area contributed by atoms with Crippen LogP contribution in [-0.4, -0.2) is 52.8 Å². The highest BCUT2D eigenvalue weighted by Gasteiger charge is 2.41. The number of nitrogens with zero attached hydrogens (tertiary/aromatic N) is 2. The molecular weight excluding hydrogens is 314 g/mol. The molecule has 1 aromatic carbocycles. The van der Waals surface area contributed by atoms with Crippen LogP contribution in [0.2, 0.25) is 0 Å². The molecule has 1 aliphatic carbocycles. The van der Waals surface area contributed by atoms with Crippen LogP contribution in [0.5, 0.6) is 0 Å². The Morgan fingerprint density at radius 1 is 1.20 bits per heavy atom. The molecule has 2 fully saturated rings. The summed E-state index contributed by atoms with van der Waals surface area (Å²) in [7, 11) is 2.19. The third-order valence-electron chi connectivity index (χ3n) is 6.41. The zero-order chi connectivity index (χ0) is 17.1. The molecule has 5 nitrogen and oxygen atoms in total. The molecule has 1 N–H and O–H groups in total. The predicted molar refractivity (Wildman–Crippen MR) is 95.2 cm³/mol. The maximum atomic E-state index is 12.0. The van der Waals surface area contributed by atoms with E-state index < -0.39 is 0 Å². The second-order valence-corrected chi connectivity index (χ2v) is 7.90. The van der Waals surface area contributed by atoms with Crippen molar-refractivity contribution in [3.63, 3.8) is 0 Å². The summed E-state index contributed by atoms with van der Waals surface area (Å²) < 4.78 is 0. The Morgan fingerprint density at radius 3 is 2.80 bits per heavy atom. The van der Waals surface area contributed by atoms with Gasteiger partial charge >= 0.3 is 0 Å². The molecule has 2 aromatic rings. The van der Waals surface area contributed by atoms with Gasteiger partial charge in [-0.2, -0.15) is 0 Å². The molecule has 0 bridgehead atoms. The van der Waals surface area contributed by atoms with Crippen LogP contribution in [0.15, 0.2) is 24.4 Å². The van der Waals surface area contributed by atoms with E-state index in [-0.39, 0.29) is 11.8 Å². The third-order valence-corrected chi connectivity index (χ3v) is 6.41. The number of aromatic amines is 1. The topological polar surface area (TPSA) is 56.4 Å².